The minimum atomic E-state index is -0.144. The summed E-state index contributed by atoms with van der Waals surface area (Å²) in [4.78, 5) is 11.4. The van der Waals surface area contributed by atoms with Crippen molar-refractivity contribution in [3.8, 4) is 11.8 Å². The van der Waals surface area contributed by atoms with Crippen LogP contribution in [0.25, 0.3) is 5.69 Å². The van der Waals surface area contributed by atoms with E-state index in [0.29, 0.717) is 16.4 Å². The highest BCUT2D eigenvalue weighted by atomic mass is 35.5. The van der Waals surface area contributed by atoms with Crippen LogP contribution in [0.3, 0.4) is 0 Å². The molecule has 0 amide bonds. The maximum Gasteiger partial charge on any atom is 0.178 e. The third-order valence-corrected chi connectivity index (χ3v) is 2.51. The van der Waals surface area contributed by atoms with E-state index in [0.717, 1.165) is 0 Å². The molecule has 0 bridgehead atoms. The molecule has 0 aliphatic rings. The van der Waals surface area contributed by atoms with Crippen LogP contribution >= 0.6 is 11.6 Å². The fourth-order valence-corrected chi connectivity index (χ4v) is 1.59. The van der Waals surface area contributed by atoms with E-state index in [1.54, 1.807) is 24.3 Å². The van der Waals surface area contributed by atoms with E-state index in [-0.39, 0.29) is 11.5 Å². The first-order valence-corrected chi connectivity index (χ1v) is 5.26. The molecule has 4 nitrogen and oxygen atoms in total. The quantitative estimate of drug-likeness (QED) is 0.764. The lowest BCUT2D eigenvalue weighted by Crippen LogP contribution is -2.05. The standard InChI is InChI=1S/C12H8ClN3O/c1-8(17)12-6-10(7-14)15-16(12)11-4-2-9(13)3-5-11/h2-6H,1H3. The maximum absolute atomic E-state index is 11.4. The van der Waals surface area contributed by atoms with Gasteiger partial charge in [-0.1, -0.05) is 11.6 Å². The summed E-state index contributed by atoms with van der Waals surface area (Å²) in [7, 11) is 0. The lowest BCUT2D eigenvalue weighted by atomic mass is 10.2. The van der Waals surface area contributed by atoms with Crippen LogP contribution < -0.4 is 0 Å². The monoisotopic (exact) mass is 245 g/mol. The Morgan fingerprint density at radius 2 is 2.06 bits per heavy atom. The van der Waals surface area contributed by atoms with Crippen molar-refractivity contribution in [3.05, 3.63) is 46.7 Å². The van der Waals surface area contributed by atoms with Gasteiger partial charge < -0.3 is 0 Å². The first kappa shape index (κ1) is 11.4. The summed E-state index contributed by atoms with van der Waals surface area (Å²) in [5, 5.41) is 13.4. The number of benzene rings is 1. The van der Waals surface area contributed by atoms with Crippen LogP contribution in [0.4, 0.5) is 0 Å². The molecule has 1 aromatic carbocycles. The number of ketones is 1. The number of carbonyl (C=O) groups is 1. The Balaban J connectivity index is 2.58. The molecular formula is C12H8ClN3O. The third-order valence-electron chi connectivity index (χ3n) is 2.26. The van der Waals surface area contributed by atoms with E-state index in [1.807, 2.05) is 6.07 Å². The summed E-state index contributed by atoms with van der Waals surface area (Å²) in [5.74, 6) is -0.144. The molecule has 1 aromatic heterocycles. The van der Waals surface area contributed by atoms with Crippen molar-refractivity contribution in [2.75, 3.05) is 0 Å². The SMILES string of the molecule is CC(=O)c1cc(C#N)nn1-c1ccc(Cl)cc1. The van der Waals surface area contributed by atoms with Crippen LogP contribution in [0.1, 0.15) is 23.1 Å². The minimum Gasteiger partial charge on any atom is -0.293 e. The Morgan fingerprint density at radius 1 is 1.41 bits per heavy atom. The molecule has 0 aliphatic heterocycles. The summed E-state index contributed by atoms with van der Waals surface area (Å²) < 4.78 is 1.44. The molecule has 0 atom stereocenters. The highest BCUT2D eigenvalue weighted by Gasteiger charge is 2.12. The zero-order valence-corrected chi connectivity index (χ0v) is 9.77. The van der Waals surface area contributed by atoms with Crippen molar-refractivity contribution in [1.82, 2.24) is 9.78 Å². The van der Waals surface area contributed by atoms with E-state index in [1.165, 1.54) is 17.7 Å². The van der Waals surface area contributed by atoms with Crippen molar-refractivity contribution in [3.63, 3.8) is 0 Å². The summed E-state index contributed by atoms with van der Waals surface area (Å²) in [6.45, 7) is 1.44. The lowest BCUT2D eigenvalue weighted by molar-refractivity contribution is 0.101. The second-order valence-electron chi connectivity index (χ2n) is 3.47. The number of rotatable bonds is 2. The maximum atomic E-state index is 11.4. The molecule has 0 radical (unpaired) electrons. The number of nitrogens with zero attached hydrogens (tertiary/aromatic N) is 3. The Morgan fingerprint density at radius 3 is 2.59 bits per heavy atom. The number of aromatic nitrogens is 2. The van der Waals surface area contributed by atoms with Crippen molar-refractivity contribution in [2.24, 2.45) is 0 Å². The number of Topliss-reactive ketones (excluding diaryl/α,β-unsaturated/α-hetero) is 1. The normalized spacial score (nSPS) is 9.94. The predicted octanol–water partition coefficient (Wildman–Crippen LogP) is 2.60. The molecule has 0 unspecified atom stereocenters. The van der Waals surface area contributed by atoms with E-state index in [4.69, 9.17) is 16.9 Å². The highest BCUT2D eigenvalue weighted by molar-refractivity contribution is 6.30. The molecule has 0 saturated carbocycles. The Labute approximate surface area is 103 Å². The number of nitriles is 1. The van der Waals surface area contributed by atoms with Gasteiger partial charge in [-0.2, -0.15) is 10.4 Å². The smallest absolute Gasteiger partial charge is 0.178 e. The van der Waals surface area contributed by atoms with Crippen LogP contribution in [0, 0.1) is 11.3 Å². The third kappa shape index (κ3) is 2.19. The van der Waals surface area contributed by atoms with E-state index < -0.39 is 0 Å². The molecular weight excluding hydrogens is 238 g/mol. The average molecular weight is 246 g/mol. The van der Waals surface area contributed by atoms with Gasteiger partial charge in [0.1, 0.15) is 11.8 Å². The van der Waals surface area contributed by atoms with Gasteiger partial charge in [-0.25, -0.2) is 4.68 Å². The van der Waals surface area contributed by atoms with Crippen LogP contribution in [0.5, 0.6) is 0 Å². The van der Waals surface area contributed by atoms with Crippen LogP contribution in [-0.2, 0) is 0 Å². The van der Waals surface area contributed by atoms with Gasteiger partial charge in [-0.05, 0) is 24.3 Å². The molecule has 0 N–H and O–H groups in total. The van der Waals surface area contributed by atoms with Gasteiger partial charge >= 0.3 is 0 Å². The van der Waals surface area contributed by atoms with Gasteiger partial charge in [0.2, 0.25) is 0 Å². The highest BCUT2D eigenvalue weighted by Crippen LogP contribution is 2.16. The molecule has 0 aliphatic carbocycles. The fraction of sp³-hybridized carbons (Fsp3) is 0.0833. The van der Waals surface area contributed by atoms with Crippen molar-refractivity contribution in [1.29, 1.82) is 5.26 Å². The molecule has 2 aromatic rings. The molecule has 1 heterocycles. The van der Waals surface area contributed by atoms with E-state index >= 15 is 0 Å². The molecule has 84 valence electrons. The van der Waals surface area contributed by atoms with Crippen molar-refractivity contribution in [2.45, 2.75) is 6.92 Å². The second-order valence-corrected chi connectivity index (χ2v) is 3.91. The second kappa shape index (κ2) is 4.40. The van der Waals surface area contributed by atoms with Gasteiger partial charge in [0.15, 0.2) is 11.5 Å². The number of halogens is 1. The molecule has 2 rings (SSSR count). The summed E-state index contributed by atoms with van der Waals surface area (Å²) in [5.41, 5.74) is 1.29. The topological polar surface area (TPSA) is 58.7 Å². The van der Waals surface area contributed by atoms with Gasteiger partial charge in [0, 0.05) is 18.0 Å². The van der Waals surface area contributed by atoms with Crippen molar-refractivity contribution >= 4 is 17.4 Å². The summed E-state index contributed by atoms with van der Waals surface area (Å²) in [6.07, 6.45) is 0. The lowest BCUT2D eigenvalue weighted by Gasteiger charge is -2.04. The largest absolute Gasteiger partial charge is 0.293 e. The molecule has 0 spiro atoms. The minimum absolute atomic E-state index is 0.144. The first-order chi connectivity index (χ1) is 8.11. The van der Waals surface area contributed by atoms with Gasteiger partial charge in [0.25, 0.3) is 0 Å². The van der Waals surface area contributed by atoms with Crippen LogP contribution in [0.2, 0.25) is 5.02 Å². The summed E-state index contributed by atoms with van der Waals surface area (Å²) >= 11 is 5.79. The van der Waals surface area contributed by atoms with Gasteiger partial charge in [-0.15, -0.1) is 0 Å². The number of carbonyl (C=O) groups excluding carboxylic acids is 1. The zero-order chi connectivity index (χ0) is 12.4. The molecule has 0 saturated heterocycles. The van der Waals surface area contributed by atoms with Gasteiger partial charge in [-0.3, -0.25) is 4.79 Å². The summed E-state index contributed by atoms with van der Waals surface area (Å²) in [6, 6.07) is 10.3. The predicted molar refractivity (Wildman–Crippen MR) is 63.3 cm³/mol. The fourth-order valence-electron chi connectivity index (χ4n) is 1.47. The Kier molecular flexibility index (Phi) is 2.94. The molecule has 5 heteroatoms. The molecule has 0 fully saturated rings. The van der Waals surface area contributed by atoms with Crippen LogP contribution in [0.15, 0.2) is 30.3 Å². The number of hydrogen-bond donors (Lipinski definition) is 0. The first-order valence-electron chi connectivity index (χ1n) is 4.89. The van der Waals surface area contributed by atoms with Crippen LogP contribution in [-0.4, -0.2) is 15.6 Å². The van der Waals surface area contributed by atoms with Crippen molar-refractivity contribution < 1.29 is 4.79 Å². The van der Waals surface area contributed by atoms with E-state index in [2.05, 4.69) is 5.10 Å². The Hall–Kier alpha value is -2.12. The zero-order valence-electron chi connectivity index (χ0n) is 9.01. The molecule has 17 heavy (non-hydrogen) atoms. The number of hydrogen-bond acceptors (Lipinski definition) is 3. The Bertz CT molecular complexity index is 608. The van der Waals surface area contributed by atoms with Gasteiger partial charge in [0.05, 0.1) is 5.69 Å². The van der Waals surface area contributed by atoms with E-state index in [9.17, 15) is 4.79 Å². The average Bonchev–Trinajstić information content (AvgIpc) is 2.74.